The van der Waals surface area contributed by atoms with Crippen LogP contribution in [0.15, 0.2) is 49.1 Å². The van der Waals surface area contributed by atoms with Crippen molar-refractivity contribution in [3.63, 3.8) is 0 Å². The van der Waals surface area contributed by atoms with Gasteiger partial charge in [-0.2, -0.15) is 0 Å². The van der Waals surface area contributed by atoms with Crippen LogP contribution in [-0.2, 0) is 0 Å². The summed E-state index contributed by atoms with van der Waals surface area (Å²) in [4.78, 5) is 28.8. The molecule has 0 saturated carbocycles. The number of rotatable bonds is 2. The Kier molecular flexibility index (Phi) is 5.38. The molecule has 0 amide bonds. The van der Waals surface area contributed by atoms with E-state index >= 15 is 0 Å². The third-order valence-electron chi connectivity index (χ3n) is 2.14. The van der Waals surface area contributed by atoms with Crippen molar-refractivity contribution in [3.05, 3.63) is 60.2 Å². The second-order valence-electron chi connectivity index (χ2n) is 3.60. The molecule has 0 radical (unpaired) electrons. The smallest absolute Gasteiger partial charge is 0.161 e. The van der Waals surface area contributed by atoms with E-state index in [1.165, 1.54) is 13.8 Å². The molecule has 0 atom stereocenters. The molecule has 0 spiro atoms. The lowest BCUT2D eigenvalue weighted by Gasteiger charge is -1.88. The first-order valence-corrected chi connectivity index (χ1v) is 5.43. The van der Waals surface area contributed by atoms with Gasteiger partial charge in [-0.3, -0.25) is 19.6 Å². The minimum absolute atomic E-state index is 0.0584. The van der Waals surface area contributed by atoms with Crippen LogP contribution in [-0.4, -0.2) is 21.5 Å². The minimum Gasteiger partial charge on any atom is -0.294 e. The first-order chi connectivity index (χ1) is 8.61. The summed E-state index contributed by atoms with van der Waals surface area (Å²) in [6.45, 7) is 3.05. The number of hydrogen-bond donors (Lipinski definition) is 0. The standard InChI is InChI=1S/2C7H7NO/c2*1-6(9)7-3-2-4-8-5-7/h2*2-5H,1H3. The fourth-order valence-corrected chi connectivity index (χ4v) is 1.14. The average molecular weight is 242 g/mol. The van der Waals surface area contributed by atoms with Gasteiger partial charge in [0.05, 0.1) is 0 Å². The van der Waals surface area contributed by atoms with Gasteiger partial charge in [-0.15, -0.1) is 0 Å². The van der Waals surface area contributed by atoms with Crippen LogP contribution in [0.5, 0.6) is 0 Å². The molecule has 0 aliphatic carbocycles. The van der Waals surface area contributed by atoms with Crippen LogP contribution in [0.25, 0.3) is 0 Å². The first kappa shape index (κ1) is 13.7. The molecule has 0 aromatic carbocycles. The summed E-state index contributed by atoms with van der Waals surface area (Å²) in [5.41, 5.74) is 1.33. The number of Topliss-reactive ketones (excluding diaryl/α,β-unsaturated/α-hetero) is 2. The van der Waals surface area contributed by atoms with Gasteiger partial charge < -0.3 is 0 Å². The van der Waals surface area contributed by atoms with Crippen LogP contribution in [0.3, 0.4) is 0 Å². The zero-order valence-electron chi connectivity index (χ0n) is 10.3. The Labute approximate surface area is 106 Å². The fraction of sp³-hybridized carbons (Fsp3) is 0.143. The van der Waals surface area contributed by atoms with E-state index in [-0.39, 0.29) is 11.6 Å². The van der Waals surface area contributed by atoms with Gasteiger partial charge in [0, 0.05) is 35.9 Å². The maximum Gasteiger partial charge on any atom is 0.161 e. The normalized spacial score (nSPS) is 9.00. The number of nitrogens with zero attached hydrogens (tertiary/aromatic N) is 2. The van der Waals surface area contributed by atoms with Crippen LogP contribution in [0.1, 0.15) is 34.6 Å². The third-order valence-corrected chi connectivity index (χ3v) is 2.14. The highest BCUT2D eigenvalue weighted by atomic mass is 16.1. The topological polar surface area (TPSA) is 59.9 Å². The number of carbonyl (C=O) groups excluding carboxylic acids is 2. The molecule has 0 fully saturated rings. The number of ketones is 2. The van der Waals surface area contributed by atoms with Crippen molar-refractivity contribution in [2.24, 2.45) is 0 Å². The number of aromatic nitrogens is 2. The van der Waals surface area contributed by atoms with E-state index in [9.17, 15) is 9.59 Å². The predicted molar refractivity (Wildman–Crippen MR) is 68.5 cm³/mol. The van der Waals surface area contributed by atoms with Crippen molar-refractivity contribution in [1.29, 1.82) is 0 Å². The summed E-state index contributed by atoms with van der Waals surface area (Å²) in [7, 11) is 0. The highest BCUT2D eigenvalue weighted by Crippen LogP contribution is 1.95. The summed E-state index contributed by atoms with van der Waals surface area (Å²) >= 11 is 0. The van der Waals surface area contributed by atoms with Crippen LogP contribution in [0.2, 0.25) is 0 Å². The molecule has 0 aliphatic heterocycles. The van der Waals surface area contributed by atoms with E-state index in [2.05, 4.69) is 9.97 Å². The second kappa shape index (κ2) is 7.06. The van der Waals surface area contributed by atoms with E-state index in [1.807, 2.05) is 0 Å². The highest BCUT2D eigenvalue weighted by molar-refractivity contribution is 5.93. The van der Waals surface area contributed by atoms with Crippen molar-refractivity contribution in [1.82, 2.24) is 9.97 Å². The van der Waals surface area contributed by atoms with Gasteiger partial charge in [-0.1, -0.05) is 0 Å². The number of hydrogen-bond acceptors (Lipinski definition) is 4. The van der Waals surface area contributed by atoms with Gasteiger partial charge in [-0.25, -0.2) is 0 Å². The van der Waals surface area contributed by atoms with Crippen LogP contribution in [0.4, 0.5) is 0 Å². The SMILES string of the molecule is CC(=O)c1cccnc1.CC(=O)c1cccnc1. The van der Waals surface area contributed by atoms with Gasteiger partial charge in [0.2, 0.25) is 0 Å². The molecule has 2 aromatic rings. The van der Waals surface area contributed by atoms with Gasteiger partial charge in [-0.05, 0) is 38.1 Å². The molecule has 0 saturated heterocycles. The lowest BCUT2D eigenvalue weighted by Crippen LogP contribution is -1.90. The Morgan fingerprint density at radius 3 is 1.39 bits per heavy atom. The molecule has 92 valence electrons. The molecule has 2 heterocycles. The van der Waals surface area contributed by atoms with E-state index in [4.69, 9.17) is 0 Å². The van der Waals surface area contributed by atoms with Gasteiger partial charge in [0.25, 0.3) is 0 Å². The molecule has 18 heavy (non-hydrogen) atoms. The first-order valence-electron chi connectivity index (χ1n) is 5.43. The van der Waals surface area contributed by atoms with Crippen LogP contribution in [0, 0.1) is 0 Å². The van der Waals surface area contributed by atoms with Crippen molar-refractivity contribution in [2.75, 3.05) is 0 Å². The Hall–Kier alpha value is -2.36. The number of pyridine rings is 2. The Morgan fingerprint density at radius 2 is 1.22 bits per heavy atom. The predicted octanol–water partition coefficient (Wildman–Crippen LogP) is 2.57. The van der Waals surface area contributed by atoms with Crippen molar-refractivity contribution >= 4 is 11.6 Å². The lowest BCUT2D eigenvalue weighted by molar-refractivity contribution is 0.100. The maximum absolute atomic E-state index is 10.6. The Morgan fingerprint density at radius 1 is 0.833 bits per heavy atom. The monoisotopic (exact) mass is 242 g/mol. The van der Waals surface area contributed by atoms with E-state index in [0.29, 0.717) is 11.1 Å². The lowest BCUT2D eigenvalue weighted by atomic mass is 10.2. The summed E-state index contributed by atoms with van der Waals surface area (Å²) in [5.74, 6) is 0.117. The van der Waals surface area contributed by atoms with Crippen LogP contribution >= 0.6 is 0 Å². The largest absolute Gasteiger partial charge is 0.294 e. The third kappa shape index (κ3) is 4.65. The van der Waals surface area contributed by atoms with Gasteiger partial charge >= 0.3 is 0 Å². The van der Waals surface area contributed by atoms with Gasteiger partial charge in [0.15, 0.2) is 11.6 Å². The maximum atomic E-state index is 10.6. The fourth-order valence-electron chi connectivity index (χ4n) is 1.14. The summed E-state index contributed by atoms with van der Waals surface area (Å²) in [6.07, 6.45) is 6.41. The molecule has 2 rings (SSSR count). The van der Waals surface area contributed by atoms with Crippen molar-refractivity contribution < 1.29 is 9.59 Å². The zero-order valence-corrected chi connectivity index (χ0v) is 10.3. The summed E-state index contributed by atoms with van der Waals surface area (Å²) < 4.78 is 0. The molecule has 2 aromatic heterocycles. The van der Waals surface area contributed by atoms with E-state index < -0.39 is 0 Å². The van der Waals surface area contributed by atoms with Crippen LogP contribution < -0.4 is 0 Å². The molecule has 0 unspecified atom stereocenters. The molecule has 4 nitrogen and oxygen atoms in total. The van der Waals surface area contributed by atoms with E-state index in [1.54, 1.807) is 49.1 Å². The second-order valence-corrected chi connectivity index (χ2v) is 3.60. The summed E-state index contributed by atoms with van der Waals surface area (Å²) in [6, 6.07) is 6.98. The molecule has 0 aliphatic rings. The number of carbonyl (C=O) groups is 2. The Balaban J connectivity index is 0.000000180. The molecular weight excluding hydrogens is 228 g/mol. The minimum atomic E-state index is 0.0584. The van der Waals surface area contributed by atoms with E-state index in [0.717, 1.165) is 0 Å². The van der Waals surface area contributed by atoms with Crippen molar-refractivity contribution in [3.8, 4) is 0 Å². The van der Waals surface area contributed by atoms with Crippen molar-refractivity contribution in [2.45, 2.75) is 13.8 Å². The zero-order chi connectivity index (χ0) is 13.4. The molecule has 0 bridgehead atoms. The highest BCUT2D eigenvalue weighted by Gasteiger charge is 1.94. The van der Waals surface area contributed by atoms with Gasteiger partial charge in [0.1, 0.15) is 0 Å². The quantitative estimate of drug-likeness (QED) is 0.759. The summed E-state index contributed by atoms with van der Waals surface area (Å²) in [5, 5.41) is 0. The molecule has 0 N–H and O–H groups in total. The molecular formula is C14H14N2O2. The molecule has 4 heteroatoms. The average Bonchev–Trinajstić information content (AvgIpc) is 2.41. The Bertz CT molecular complexity index is 460.